The van der Waals surface area contributed by atoms with Crippen LogP contribution in [0.1, 0.15) is 25.7 Å². The van der Waals surface area contributed by atoms with E-state index < -0.39 is 18.0 Å². The maximum Gasteiger partial charge on any atom is 0.335 e. The SMILES string of the molecule is COC(=O)[C@@H](O)[C@H]1CCCCC1=O. The highest BCUT2D eigenvalue weighted by atomic mass is 16.5. The zero-order valence-electron chi connectivity index (χ0n) is 7.66. The molecule has 0 aliphatic heterocycles. The van der Waals surface area contributed by atoms with Gasteiger partial charge in [0, 0.05) is 6.42 Å². The molecule has 4 heteroatoms. The fourth-order valence-corrected chi connectivity index (χ4v) is 1.63. The second-order valence-corrected chi connectivity index (χ2v) is 3.29. The van der Waals surface area contributed by atoms with Crippen LogP contribution in [-0.4, -0.2) is 30.1 Å². The summed E-state index contributed by atoms with van der Waals surface area (Å²) in [6.45, 7) is 0. The van der Waals surface area contributed by atoms with E-state index in [1.165, 1.54) is 7.11 Å². The summed E-state index contributed by atoms with van der Waals surface area (Å²) in [5.74, 6) is -1.27. The van der Waals surface area contributed by atoms with E-state index in [1.54, 1.807) is 0 Å². The van der Waals surface area contributed by atoms with E-state index in [9.17, 15) is 14.7 Å². The van der Waals surface area contributed by atoms with Gasteiger partial charge < -0.3 is 9.84 Å². The van der Waals surface area contributed by atoms with Gasteiger partial charge in [-0.15, -0.1) is 0 Å². The maximum atomic E-state index is 11.3. The third-order valence-electron chi connectivity index (χ3n) is 2.43. The average molecular weight is 186 g/mol. The number of esters is 1. The Morgan fingerprint density at radius 2 is 2.31 bits per heavy atom. The quantitative estimate of drug-likeness (QED) is 0.629. The molecule has 0 amide bonds. The molecular weight excluding hydrogens is 172 g/mol. The van der Waals surface area contributed by atoms with E-state index in [0.29, 0.717) is 12.8 Å². The van der Waals surface area contributed by atoms with Gasteiger partial charge in [-0.3, -0.25) is 4.79 Å². The van der Waals surface area contributed by atoms with Gasteiger partial charge in [-0.1, -0.05) is 6.42 Å². The first kappa shape index (κ1) is 10.2. The molecule has 0 aromatic carbocycles. The van der Waals surface area contributed by atoms with Gasteiger partial charge in [-0.05, 0) is 12.8 Å². The Hall–Kier alpha value is -0.900. The van der Waals surface area contributed by atoms with Crippen LogP contribution in [0.3, 0.4) is 0 Å². The van der Waals surface area contributed by atoms with Crippen molar-refractivity contribution in [2.24, 2.45) is 5.92 Å². The van der Waals surface area contributed by atoms with Gasteiger partial charge >= 0.3 is 5.97 Å². The molecule has 0 aromatic heterocycles. The topological polar surface area (TPSA) is 63.6 Å². The largest absolute Gasteiger partial charge is 0.467 e. The minimum absolute atomic E-state index is 0.0239. The lowest BCUT2D eigenvalue weighted by Gasteiger charge is -2.23. The Bertz CT molecular complexity index is 212. The number of methoxy groups -OCH3 is 1. The van der Waals surface area contributed by atoms with E-state index in [4.69, 9.17) is 0 Å². The average Bonchev–Trinajstić information content (AvgIpc) is 2.16. The molecule has 4 nitrogen and oxygen atoms in total. The maximum absolute atomic E-state index is 11.3. The molecule has 1 aliphatic rings. The van der Waals surface area contributed by atoms with Crippen LogP contribution < -0.4 is 0 Å². The van der Waals surface area contributed by atoms with E-state index in [-0.39, 0.29) is 5.78 Å². The van der Waals surface area contributed by atoms with E-state index >= 15 is 0 Å². The van der Waals surface area contributed by atoms with Crippen molar-refractivity contribution in [3.05, 3.63) is 0 Å². The number of hydrogen-bond acceptors (Lipinski definition) is 4. The minimum atomic E-state index is -1.27. The number of rotatable bonds is 2. The number of hydrogen-bond donors (Lipinski definition) is 1. The molecule has 0 unspecified atom stereocenters. The predicted octanol–water partition coefficient (Wildman–Crippen LogP) is 0.280. The van der Waals surface area contributed by atoms with Crippen LogP contribution in [0.25, 0.3) is 0 Å². The van der Waals surface area contributed by atoms with E-state index in [1.807, 2.05) is 0 Å². The molecule has 13 heavy (non-hydrogen) atoms. The Kier molecular flexibility index (Phi) is 3.42. The fourth-order valence-electron chi connectivity index (χ4n) is 1.63. The summed E-state index contributed by atoms with van der Waals surface area (Å²) in [6.07, 6.45) is 1.56. The van der Waals surface area contributed by atoms with Crippen LogP contribution in [0.15, 0.2) is 0 Å². The zero-order chi connectivity index (χ0) is 9.84. The van der Waals surface area contributed by atoms with Gasteiger partial charge in [0.1, 0.15) is 5.78 Å². The zero-order valence-corrected chi connectivity index (χ0v) is 7.66. The lowest BCUT2D eigenvalue weighted by Crippen LogP contribution is -2.37. The highest BCUT2D eigenvalue weighted by Crippen LogP contribution is 2.23. The number of ketones is 1. The summed E-state index contributed by atoms with van der Waals surface area (Å²) in [7, 11) is 1.21. The van der Waals surface area contributed by atoms with Crippen molar-refractivity contribution in [3.8, 4) is 0 Å². The number of carbonyl (C=O) groups is 2. The second kappa shape index (κ2) is 4.37. The van der Waals surface area contributed by atoms with Crippen molar-refractivity contribution in [1.29, 1.82) is 0 Å². The first-order valence-electron chi connectivity index (χ1n) is 4.45. The molecule has 0 radical (unpaired) electrons. The van der Waals surface area contributed by atoms with Crippen LogP contribution in [0, 0.1) is 5.92 Å². The summed E-state index contributed by atoms with van der Waals surface area (Å²) in [5.41, 5.74) is 0. The fraction of sp³-hybridized carbons (Fsp3) is 0.778. The van der Waals surface area contributed by atoms with Crippen LogP contribution in [0.5, 0.6) is 0 Å². The Labute approximate surface area is 76.9 Å². The molecule has 1 N–H and O–H groups in total. The molecule has 1 rings (SSSR count). The van der Waals surface area contributed by atoms with Gasteiger partial charge in [0.05, 0.1) is 13.0 Å². The van der Waals surface area contributed by atoms with E-state index in [2.05, 4.69) is 4.74 Å². The predicted molar refractivity (Wildman–Crippen MR) is 45.0 cm³/mol. The van der Waals surface area contributed by atoms with Gasteiger partial charge in [-0.25, -0.2) is 4.79 Å². The Morgan fingerprint density at radius 1 is 1.62 bits per heavy atom. The molecule has 0 spiro atoms. The van der Waals surface area contributed by atoms with Crippen molar-refractivity contribution >= 4 is 11.8 Å². The standard InChI is InChI=1S/C9H14O4/c1-13-9(12)8(11)6-4-2-3-5-7(6)10/h6,8,11H,2-5H2,1H3/t6-,8-/m0/s1. The number of carbonyl (C=O) groups excluding carboxylic acids is 2. The number of aliphatic hydroxyl groups is 1. The van der Waals surface area contributed by atoms with E-state index in [0.717, 1.165) is 12.8 Å². The van der Waals surface area contributed by atoms with Gasteiger partial charge in [-0.2, -0.15) is 0 Å². The molecule has 0 saturated heterocycles. The summed E-state index contributed by atoms with van der Waals surface area (Å²) in [6, 6.07) is 0. The molecular formula is C9H14O4. The minimum Gasteiger partial charge on any atom is -0.467 e. The van der Waals surface area contributed by atoms with Crippen LogP contribution in [0.2, 0.25) is 0 Å². The van der Waals surface area contributed by atoms with Gasteiger partial charge in [0.15, 0.2) is 6.10 Å². The van der Waals surface area contributed by atoms with Crippen molar-refractivity contribution < 1.29 is 19.4 Å². The Balaban J connectivity index is 2.58. The molecule has 1 fully saturated rings. The molecule has 0 aromatic rings. The monoisotopic (exact) mass is 186 g/mol. The molecule has 1 aliphatic carbocycles. The molecule has 1 saturated carbocycles. The van der Waals surface area contributed by atoms with Crippen molar-refractivity contribution in [2.45, 2.75) is 31.8 Å². The van der Waals surface area contributed by atoms with Gasteiger partial charge in [0.2, 0.25) is 0 Å². The van der Waals surface area contributed by atoms with Crippen molar-refractivity contribution in [2.75, 3.05) is 7.11 Å². The second-order valence-electron chi connectivity index (χ2n) is 3.29. The first-order chi connectivity index (χ1) is 6.16. The third kappa shape index (κ3) is 2.28. The van der Waals surface area contributed by atoms with Crippen molar-refractivity contribution in [3.63, 3.8) is 0 Å². The lowest BCUT2D eigenvalue weighted by molar-refractivity contribution is -0.157. The smallest absolute Gasteiger partial charge is 0.335 e. The lowest BCUT2D eigenvalue weighted by atomic mass is 9.84. The van der Waals surface area contributed by atoms with Crippen LogP contribution in [-0.2, 0) is 14.3 Å². The summed E-state index contributed by atoms with van der Waals surface area (Å²) in [4.78, 5) is 22.2. The summed E-state index contributed by atoms with van der Waals surface area (Å²) >= 11 is 0. The van der Waals surface area contributed by atoms with Gasteiger partial charge in [0.25, 0.3) is 0 Å². The molecule has 2 atom stereocenters. The summed E-state index contributed by atoms with van der Waals surface area (Å²) in [5, 5.41) is 9.42. The molecule has 0 bridgehead atoms. The van der Waals surface area contributed by atoms with Crippen molar-refractivity contribution in [1.82, 2.24) is 0 Å². The normalized spacial score (nSPS) is 25.4. The summed E-state index contributed by atoms with van der Waals surface area (Å²) < 4.78 is 4.37. The molecule has 0 heterocycles. The molecule has 74 valence electrons. The first-order valence-corrected chi connectivity index (χ1v) is 4.45. The third-order valence-corrected chi connectivity index (χ3v) is 2.43. The number of ether oxygens (including phenoxy) is 1. The number of aliphatic hydroxyl groups excluding tert-OH is 1. The highest BCUT2D eigenvalue weighted by molar-refractivity contribution is 5.88. The number of Topliss-reactive ketones (excluding diaryl/α,β-unsaturated/α-hetero) is 1. The van der Waals surface area contributed by atoms with Crippen LogP contribution in [0.4, 0.5) is 0 Å². The Morgan fingerprint density at radius 3 is 2.85 bits per heavy atom. The highest BCUT2D eigenvalue weighted by Gasteiger charge is 2.33. The van der Waals surface area contributed by atoms with Crippen LogP contribution >= 0.6 is 0 Å².